The number of thioether (sulfide) groups is 1. The normalized spacial score (nSPS) is 19.2. The number of hydrogen-bond acceptors (Lipinski definition) is 4. The summed E-state index contributed by atoms with van der Waals surface area (Å²) in [5.41, 5.74) is 7.27. The third-order valence-corrected chi connectivity index (χ3v) is 4.68. The Labute approximate surface area is 107 Å². The Morgan fingerprint density at radius 2 is 2.12 bits per heavy atom. The average molecular weight is 252 g/mol. The van der Waals surface area contributed by atoms with Crippen LogP contribution in [-0.4, -0.2) is 29.5 Å². The number of aliphatic hydroxyl groups is 1. The topological polar surface area (TPSA) is 58.3 Å². The summed E-state index contributed by atoms with van der Waals surface area (Å²) in [6.07, 6.45) is 1.67. The highest BCUT2D eigenvalue weighted by Crippen LogP contribution is 2.30. The molecular formula is C13H20N2OS. The second-order valence-electron chi connectivity index (χ2n) is 4.79. The molecule has 0 spiro atoms. The van der Waals surface area contributed by atoms with E-state index in [-0.39, 0.29) is 0 Å². The van der Waals surface area contributed by atoms with Crippen LogP contribution in [0.25, 0.3) is 0 Å². The zero-order valence-corrected chi connectivity index (χ0v) is 11.0. The van der Waals surface area contributed by atoms with E-state index in [4.69, 9.17) is 5.73 Å². The molecule has 1 fully saturated rings. The van der Waals surface area contributed by atoms with Crippen molar-refractivity contribution in [2.75, 3.05) is 24.6 Å². The van der Waals surface area contributed by atoms with Crippen LogP contribution in [0.1, 0.15) is 18.4 Å². The van der Waals surface area contributed by atoms with E-state index in [9.17, 15) is 5.11 Å². The van der Waals surface area contributed by atoms with E-state index >= 15 is 0 Å². The van der Waals surface area contributed by atoms with Gasteiger partial charge in [-0.05, 0) is 50.6 Å². The molecule has 17 heavy (non-hydrogen) atoms. The fourth-order valence-electron chi connectivity index (χ4n) is 2.02. The number of anilines is 1. The summed E-state index contributed by atoms with van der Waals surface area (Å²) in [4.78, 5) is 1.18. The number of hydrogen-bond donors (Lipinski definition) is 3. The lowest BCUT2D eigenvalue weighted by atomic mass is 9.95. The summed E-state index contributed by atoms with van der Waals surface area (Å²) in [7, 11) is 0. The van der Waals surface area contributed by atoms with Gasteiger partial charge in [0.15, 0.2) is 0 Å². The van der Waals surface area contributed by atoms with E-state index < -0.39 is 5.60 Å². The molecule has 4 heteroatoms. The lowest BCUT2D eigenvalue weighted by Gasteiger charge is -2.32. The summed E-state index contributed by atoms with van der Waals surface area (Å²) in [5, 5.41) is 13.7. The molecule has 2 rings (SSSR count). The zero-order chi connectivity index (χ0) is 12.3. The zero-order valence-electron chi connectivity index (χ0n) is 10.2. The van der Waals surface area contributed by atoms with E-state index in [1.165, 1.54) is 10.5 Å². The van der Waals surface area contributed by atoms with Crippen LogP contribution < -0.4 is 11.1 Å². The van der Waals surface area contributed by atoms with Crippen molar-refractivity contribution in [3.8, 4) is 0 Å². The maximum Gasteiger partial charge on any atom is 0.0765 e. The summed E-state index contributed by atoms with van der Waals surface area (Å²) >= 11 is 1.71. The quantitative estimate of drug-likeness (QED) is 0.567. The maximum atomic E-state index is 10.4. The van der Waals surface area contributed by atoms with E-state index in [0.29, 0.717) is 0 Å². The lowest BCUT2D eigenvalue weighted by Crippen LogP contribution is -2.43. The van der Waals surface area contributed by atoms with Crippen LogP contribution in [-0.2, 0) is 0 Å². The number of nitrogens with two attached hydrogens (primary N) is 1. The Hall–Kier alpha value is -0.710. The summed E-state index contributed by atoms with van der Waals surface area (Å²) < 4.78 is 0. The first kappa shape index (κ1) is 12.7. The predicted molar refractivity (Wildman–Crippen MR) is 73.4 cm³/mol. The summed E-state index contributed by atoms with van der Waals surface area (Å²) in [6, 6.07) is 5.94. The molecule has 94 valence electrons. The smallest absolute Gasteiger partial charge is 0.0765 e. The molecule has 1 aromatic rings. The monoisotopic (exact) mass is 252 g/mol. The van der Waals surface area contributed by atoms with Crippen LogP contribution in [0.2, 0.25) is 0 Å². The predicted octanol–water partition coefficient (Wildman–Crippen LogP) is 1.78. The van der Waals surface area contributed by atoms with Crippen LogP contribution in [0.5, 0.6) is 0 Å². The first-order valence-corrected chi connectivity index (χ1v) is 7.00. The average Bonchev–Trinajstić information content (AvgIpc) is 2.31. The molecule has 1 aromatic carbocycles. The third kappa shape index (κ3) is 3.37. The summed E-state index contributed by atoms with van der Waals surface area (Å²) in [5.74, 6) is 0.749. The molecule has 1 saturated heterocycles. The van der Waals surface area contributed by atoms with Gasteiger partial charge in [-0.2, -0.15) is 0 Å². The number of benzene rings is 1. The number of aryl methyl sites for hydroxylation is 1. The largest absolute Gasteiger partial charge is 0.399 e. The first-order chi connectivity index (χ1) is 8.09. The second kappa shape index (κ2) is 5.29. The van der Waals surface area contributed by atoms with Gasteiger partial charge >= 0.3 is 0 Å². The SMILES string of the molecule is Cc1ccc(N)cc1SCC1(O)CCNCC1. The molecular weight excluding hydrogens is 232 g/mol. The van der Waals surface area contributed by atoms with Gasteiger partial charge in [0.05, 0.1) is 5.60 Å². The Balaban J connectivity index is 1.99. The molecule has 0 amide bonds. The summed E-state index contributed by atoms with van der Waals surface area (Å²) in [6.45, 7) is 3.90. The number of nitrogen functional groups attached to an aromatic ring is 1. The molecule has 1 aliphatic rings. The fourth-order valence-corrected chi connectivity index (χ4v) is 3.25. The van der Waals surface area contributed by atoms with Crippen molar-refractivity contribution in [1.29, 1.82) is 0 Å². The van der Waals surface area contributed by atoms with Gasteiger partial charge in [0.25, 0.3) is 0 Å². The fraction of sp³-hybridized carbons (Fsp3) is 0.538. The molecule has 0 aromatic heterocycles. The third-order valence-electron chi connectivity index (χ3n) is 3.24. The Kier molecular flexibility index (Phi) is 3.97. The highest BCUT2D eigenvalue weighted by atomic mass is 32.2. The van der Waals surface area contributed by atoms with Crippen LogP contribution in [0.4, 0.5) is 5.69 Å². The van der Waals surface area contributed by atoms with Gasteiger partial charge in [0, 0.05) is 16.3 Å². The lowest BCUT2D eigenvalue weighted by molar-refractivity contribution is 0.0339. The minimum atomic E-state index is -0.521. The van der Waals surface area contributed by atoms with E-state index in [1.54, 1.807) is 11.8 Å². The second-order valence-corrected chi connectivity index (χ2v) is 5.81. The van der Waals surface area contributed by atoms with Gasteiger partial charge in [-0.15, -0.1) is 11.8 Å². The number of nitrogens with one attached hydrogen (secondary N) is 1. The van der Waals surface area contributed by atoms with Gasteiger partial charge in [-0.25, -0.2) is 0 Å². The molecule has 4 N–H and O–H groups in total. The Morgan fingerprint density at radius 3 is 2.82 bits per heavy atom. The van der Waals surface area contributed by atoms with Crippen molar-refractivity contribution in [2.45, 2.75) is 30.3 Å². The van der Waals surface area contributed by atoms with E-state index in [0.717, 1.165) is 37.4 Å². The molecule has 1 aliphatic heterocycles. The highest BCUT2D eigenvalue weighted by Gasteiger charge is 2.29. The number of piperidine rings is 1. The highest BCUT2D eigenvalue weighted by molar-refractivity contribution is 7.99. The van der Waals surface area contributed by atoms with Crippen molar-refractivity contribution in [3.05, 3.63) is 23.8 Å². The molecule has 0 radical (unpaired) electrons. The number of rotatable bonds is 3. The van der Waals surface area contributed by atoms with Gasteiger partial charge < -0.3 is 16.2 Å². The van der Waals surface area contributed by atoms with Gasteiger partial charge in [-0.1, -0.05) is 6.07 Å². The van der Waals surface area contributed by atoms with Gasteiger partial charge in [0.1, 0.15) is 0 Å². The Bertz CT molecular complexity index is 389. The molecule has 0 bridgehead atoms. The minimum Gasteiger partial charge on any atom is -0.399 e. The van der Waals surface area contributed by atoms with Crippen molar-refractivity contribution >= 4 is 17.4 Å². The standard InChI is InChI=1S/C13H20N2OS/c1-10-2-3-11(14)8-12(10)17-9-13(16)4-6-15-7-5-13/h2-3,8,15-16H,4-7,9,14H2,1H3. The van der Waals surface area contributed by atoms with Crippen molar-refractivity contribution in [1.82, 2.24) is 5.32 Å². The molecule has 3 nitrogen and oxygen atoms in total. The Morgan fingerprint density at radius 1 is 1.41 bits per heavy atom. The van der Waals surface area contributed by atoms with Crippen LogP contribution in [0.3, 0.4) is 0 Å². The van der Waals surface area contributed by atoms with Crippen LogP contribution in [0.15, 0.2) is 23.1 Å². The van der Waals surface area contributed by atoms with Crippen molar-refractivity contribution in [2.24, 2.45) is 0 Å². The van der Waals surface area contributed by atoms with Crippen molar-refractivity contribution in [3.63, 3.8) is 0 Å². The van der Waals surface area contributed by atoms with Gasteiger partial charge in [0.2, 0.25) is 0 Å². The van der Waals surface area contributed by atoms with E-state index in [1.807, 2.05) is 18.2 Å². The molecule has 1 heterocycles. The van der Waals surface area contributed by atoms with E-state index in [2.05, 4.69) is 12.2 Å². The molecule has 0 atom stereocenters. The van der Waals surface area contributed by atoms with Crippen LogP contribution in [0, 0.1) is 6.92 Å². The first-order valence-electron chi connectivity index (χ1n) is 6.01. The van der Waals surface area contributed by atoms with Gasteiger partial charge in [-0.3, -0.25) is 0 Å². The van der Waals surface area contributed by atoms with Crippen molar-refractivity contribution < 1.29 is 5.11 Å². The molecule has 0 saturated carbocycles. The van der Waals surface area contributed by atoms with Crippen LogP contribution >= 0.6 is 11.8 Å². The minimum absolute atomic E-state index is 0.521. The molecule has 0 unspecified atom stereocenters. The maximum absolute atomic E-state index is 10.4. The molecule has 0 aliphatic carbocycles.